The zero-order chi connectivity index (χ0) is 30.5. The van der Waals surface area contributed by atoms with Gasteiger partial charge in [-0.1, -0.05) is 12.0 Å². The van der Waals surface area contributed by atoms with E-state index < -0.39 is 22.7 Å². The van der Waals surface area contributed by atoms with Gasteiger partial charge in [0.05, 0.1) is 42.1 Å². The fourth-order valence-electron chi connectivity index (χ4n) is 4.93. The number of methoxy groups -OCH3 is 1. The predicted molar refractivity (Wildman–Crippen MR) is 157 cm³/mol. The van der Waals surface area contributed by atoms with E-state index in [4.69, 9.17) is 9.84 Å². The second-order valence-electron chi connectivity index (χ2n) is 10.3. The van der Waals surface area contributed by atoms with Crippen LogP contribution in [0, 0.1) is 11.8 Å². The predicted octanol–water partition coefficient (Wildman–Crippen LogP) is 3.79. The van der Waals surface area contributed by atoms with Crippen LogP contribution in [0.1, 0.15) is 18.5 Å². The van der Waals surface area contributed by atoms with E-state index in [1.165, 1.54) is 36.9 Å². The maximum Gasteiger partial charge on any atom is 0.406 e. The fraction of sp³-hybridized carbons (Fsp3) is 0.448. The molecule has 0 radical (unpaired) electrons. The van der Waals surface area contributed by atoms with Gasteiger partial charge in [-0.3, -0.25) is 0 Å². The van der Waals surface area contributed by atoms with E-state index in [1.807, 2.05) is 6.07 Å². The summed E-state index contributed by atoms with van der Waals surface area (Å²) >= 11 is 0. The number of aliphatic hydroxyl groups is 1. The molecule has 13 heteroatoms. The number of anilines is 2. The normalized spacial score (nSPS) is 15.0. The lowest BCUT2D eigenvalue weighted by Gasteiger charge is -2.30. The summed E-state index contributed by atoms with van der Waals surface area (Å²) in [5, 5.41) is 16.3. The van der Waals surface area contributed by atoms with Crippen LogP contribution in [0.3, 0.4) is 0 Å². The molecule has 1 aliphatic heterocycles. The number of nitrogens with zero attached hydrogens (tertiary/aromatic N) is 3. The van der Waals surface area contributed by atoms with Crippen molar-refractivity contribution in [3.63, 3.8) is 0 Å². The van der Waals surface area contributed by atoms with Gasteiger partial charge < -0.3 is 29.9 Å². The number of nitrogens with one attached hydrogen (secondary N) is 2. The third-order valence-electron chi connectivity index (χ3n) is 7.24. The average Bonchev–Trinajstić information content (AvgIpc) is 3.29. The summed E-state index contributed by atoms with van der Waals surface area (Å²) < 4.78 is 73.7. The number of likely N-dealkylation sites (N-methyl/N-ethyl adjacent to an activating group) is 1. The summed E-state index contributed by atoms with van der Waals surface area (Å²) in [5.74, 6) is 6.03. The zero-order valence-corrected chi connectivity index (χ0v) is 24.6. The molecule has 228 valence electrons. The molecule has 0 amide bonds. The molecule has 1 aliphatic rings. The Morgan fingerprint density at radius 3 is 2.55 bits per heavy atom. The van der Waals surface area contributed by atoms with E-state index in [1.54, 1.807) is 18.2 Å². The highest BCUT2D eigenvalue weighted by atomic mass is 32.2. The number of alkyl halides is 3. The lowest BCUT2D eigenvalue weighted by atomic mass is 10.0. The van der Waals surface area contributed by atoms with E-state index in [0.717, 1.165) is 35.9 Å². The molecule has 9 nitrogen and oxygen atoms in total. The summed E-state index contributed by atoms with van der Waals surface area (Å²) in [6.07, 6.45) is -2.53. The number of likely N-dealkylation sites (tertiary alicyclic amines) is 1. The van der Waals surface area contributed by atoms with Crippen molar-refractivity contribution in [2.75, 3.05) is 64.6 Å². The molecule has 0 aliphatic carbocycles. The first-order chi connectivity index (χ1) is 19.9. The van der Waals surface area contributed by atoms with Crippen LogP contribution in [-0.2, 0) is 16.6 Å². The van der Waals surface area contributed by atoms with E-state index in [9.17, 15) is 21.6 Å². The van der Waals surface area contributed by atoms with Crippen LogP contribution in [0.5, 0.6) is 5.75 Å². The average molecular weight is 608 g/mol. The maximum absolute atomic E-state index is 13.6. The Morgan fingerprint density at radius 1 is 1.14 bits per heavy atom. The molecule has 0 atom stereocenters. The van der Waals surface area contributed by atoms with Gasteiger partial charge in [-0.2, -0.15) is 17.5 Å². The Kier molecular flexibility index (Phi) is 9.93. The highest BCUT2D eigenvalue weighted by Gasteiger charge is 2.30. The number of piperidine rings is 1. The van der Waals surface area contributed by atoms with E-state index in [2.05, 4.69) is 34.4 Å². The van der Waals surface area contributed by atoms with E-state index in [0.29, 0.717) is 16.6 Å². The van der Waals surface area contributed by atoms with Gasteiger partial charge in [-0.05, 0) is 69.2 Å². The number of fused-ring (bicyclic) bond motifs is 1. The molecule has 1 fully saturated rings. The van der Waals surface area contributed by atoms with Crippen LogP contribution in [-0.4, -0.2) is 93.5 Å². The molecule has 42 heavy (non-hydrogen) atoms. The van der Waals surface area contributed by atoms with E-state index in [-0.39, 0.29) is 42.1 Å². The molecular formula is C29H36F3N5O4S. The maximum atomic E-state index is 13.6. The Labute approximate surface area is 244 Å². The molecule has 1 saturated heterocycles. The first-order valence-corrected chi connectivity index (χ1v) is 15.0. The third kappa shape index (κ3) is 7.49. The van der Waals surface area contributed by atoms with Gasteiger partial charge in [-0.25, -0.2) is 8.42 Å². The van der Waals surface area contributed by atoms with Crippen molar-refractivity contribution in [1.82, 2.24) is 13.8 Å². The lowest BCUT2D eigenvalue weighted by Crippen LogP contribution is -2.36. The molecule has 0 spiro atoms. The van der Waals surface area contributed by atoms with Crippen molar-refractivity contribution < 1.29 is 31.4 Å². The highest BCUT2D eigenvalue weighted by Crippen LogP contribution is 2.32. The minimum atomic E-state index is -4.43. The molecule has 3 N–H and O–H groups in total. The molecular weight excluding hydrogens is 571 g/mol. The summed E-state index contributed by atoms with van der Waals surface area (Å²) in [6, 6.07) is 11.5. The van der Waals surface area contributed by atoms with Crippen LogP contribution < -0.4 is 15.4 Å². The number of hydrogen-bond donors (Lipinski definition) is 3. The minimum Gasteiger partial charge on any atom is -0.495 e. The van der Waals surface area contributed by atoms with Crippen molar-refractivity contribution in [3.05, 3.63) is 48.2 Å². The summed E-state index contributed by atoms with van der Waals surface area (Å²) in [4.78, 5) is 2.25. The van der Waals surface area contributed by atoms with E-state index >= 15 is 0 Å². The van der Waals surface area contributed by atoms with Crippen molar-refractivity contribution in [2.45, 2.75) is 36.5 Å². The highest BCUT2D eigenvalue weighted by molar-refractivity contribution is 7.89. The number of halogens is 3. The molecule has 1 aromatic heterocycles. The molecule has 4 rings (SSSR count). The number of rotatable bonds is 10. The standard InChI is InChI=1S/C29H36F3N5O4S/c1-35-14-11-21(12-15-35)34-25-7-4-8-27-24(25)18-22(37(27)20-29(30,31)32)6-5-13-33-26-10-9-23(19-28(26)41-3)42(39,40)36(2)16-17-38/h4,7-10,18-19,21,33-34,38H,11-17,20H2,1-3H3. The Bertz CT molecular complexity index is 1550. The van der Waals surface area contributed by atoms with Crippen molar-refractivity contribution in [1.29, 1.82) is 0 Å². The van der Waals surface area contributed by atoms with Gasteiger partial charge in [0, 0.05) is 36.8 Å². The number of hydrogen-bond acceptors (Lipinski definition) is 7. The van der Waals surface area contributed by atoms with Crippen LogP contribution in [0.15, 0.2) is 47.4 Å². The van der Waals surface area contributed by atoms with Gasteiger partial charge in [0.1, 0.15) is 12.3 Å². The second-order valence-corrected chi connectivity index (χ2v) is 12.3. The van der Waals surface area contributed by atoms with Gasteiger partial charge in [0.2, 0.25) is 10.0 Å². The molecule has 2 heterocycles. The van der Waals surface area contributed by atoms with Gasteiger partial charge in [0.15, 0.2) is 0 Å². The van der Waals surface area contributed by atoms with Crippen molar-refractivity contribution >= 4 is 32.3 Å². The number of benzene rings is 2. The van der Waals surface area contributed by atoms with Crippen molar-refractivity contribution in [2.24, 2.45) is 0 Å². The summed E-state index contributed by atoms with van der Waals surface area (Å²) in [6.45, 7) is 0.443. The third-order valence-corrected chi connectivity index (χ3v) is 9.09. The lowest BCUT2D eigenvalue weighted by molar-refractivity contribution is -0.140. The number of sulfonamides is 1. The SMILES string of the molecule is COc1cc(S(=O)(=O)N(C)CCO)ccc1NCC#Cc1cc2c(NC3CCN(C)CC3)cccc2n1CC(F)(F)F. The number of aromatic nitrogens is 1. The van der Waals surface area contributed by atoms with Crippen LogP contribution in [0.4, 0.5) is 24.5 Å². The van der Waals surface area contributed by atoms with Gasteiger partial charge in [-0.15, -0.1) is 0 Å². The van der Waals surface area contributed by atoms with Crippen molar-refractivity contribution in [3.8, 4) is 17.6 Å². The Hall–Kier alpha value is -3.44. The largest absolute Gasteiger partial charge is 0.495 e. The smallest absolute Gasteiger partial charge is 0.406 e. The quantitative estimate of drug-likeness (QED) is 0.302. The van der Waals surface area contributed by atoms with Gasteiger partial charge in [0.25, 0.3) is 0 Å². The van der Waals surface area contributed by atoms with Gasteiger partial charge >= 0.3 is 6.18 Å². The zero-order valence-electron chi connectivity index (χ0n) is 23.8. The van der Waals surface area contributed by atoms with Crippen LogP contribution in [0.25, 0.3) is 10.9 Å². The Balaban J connectivity index is 1.56. The number of ether oxygens (including phenoxy) is 1. The molecule has 2 aromatic carbocycles. The number of aliphatic hydroxyl groups excluding tert-OH is 1. The molecule has 0 bridgehead atoms. The first kappa shape index (κ1) is 31.5. The first-order valence-electron chi connectivity index (χ1n) is 13.5. The molecule has 0 unspecified atom stereocenters. The second kappa shape index (κ2) is 13.2. The van der Waals surface area contributed by atoms with Crippen LogP contribution >= 0.6 is 0 Å². The summed E-state index contributed by atoms with van der Waals surface area (Å²) in [7, 11) is 1.01. The monoisotopic (exact) mass is 607 g/mol. The summed E-state index contributed by atoms with van der Waals surface area (Å²) in [5.41, 5.74) is 1.94. The topological polar surface area (TPSA) is 99.1 Å². The molecule has 0 saturated carbocycles. The molecule has 3 aromatic rings. The Morgan fingerprint density at radius 2 is 1.88 bits per heavy atom. The van der Waals surface area contributed by atoms with Crippen LogP contribution in [0.2, 0.25) is 0 Å². The fourth-order valence-corrected chi connectivity index (χ4v) is 6.11. The minimum absolute atomic E-state index is 0.00624.